The highest BCUT2D eigenvalue weighted by molar-refractivity contribution is 5.24. The third-order valence-corrected chi connectivity index (χ3v) is 5.08. The van der Waals surface area contributed by atoms with Crippen molar-refractivity contribution in [2.24, 2.45) is 0 Å². The van der Waals surface area contributed by atoms with Crippen LogP contribution in [0.5, 0.6) is 0 Å². The van der Waals surface area contributed by atoms with Crippen molar-refractivity contribution in [3.63, 3.8) is 0 Å². The molecule has 0 bridgehead atoms. The van der Waals surface area contributed by atoms with E-state index in [0.717, 1.165) is 56.6 Å². The van der Waals surface area contributed by atoms with Crippen molar-refractivity contribution >= 4 is 0 Å². The van der Waals surface area contributed by atoms with Crippen LogP contribution < -0.4 is 5.32 Å². The second-order valence-corrected chi connectivity index (χ2v) is 6.88. The molecule has 0 amide bonds. The summed E-state index contributed by atoms with van der Waals surface area (Å²) in [5.41, 5.74) is 3.75. The van der Waals surface area contributed by atoms with E-state index in [1.807, 2.05) is 6.92 Å². The summed E-state index contributed by atoms with van der Waals surface area (Å²) in [6, 6.07) is 0.495. The number of nitrogens with one attached hydrogen (secondary N) is 1. The summed E-state index contributed by atoms with van der Waals surface area (Å²) < 4.78 is 7.30. The maximum Gasteiger partial charge on any atom is 0.226 e. The molecular formula is C18H30N6O. The molecule has 1 atom stereocenters. The Hall–Kier alpha value is -1.73. The predicted molar refractivity (Wildman–Crippen MR) is 96.2 cm³/mol. The third kappa shape index (κ3) is 4.27. The summed E-state index contributed by atoms with van der Waals surface area (Å²) in [7, 11) is 0. The lowest BCUT2D eigenvalue weighted by Crippen LogP contribution is -2.45. The summed E-state index contributed by atoms with van der Waals surface area (Å²) in [5, 5.41) is 12.4. The number of piperidine rings is 1. The molecule has 0 spiro atoms. The summed E-state index contributed by atoms with van der Waals surface area (Å²) in [6.07, 6.45) is 3.20. The molecule has 2 aromatic rings. The SMILES string of the molecule is CCc1nc(CN2CCC[C@H](NCc3c(C)nn(CC)c3C)C2)no1. The molecule has 0 saturated carbocycles. The molecular weight excluding hydrogens is 316 g/mol. The fourth-order valence-electron chi connectivity index (χ4n) is 3.61. The van der Waals surface area contributed by atoms with Crippen LogP contribution in [0.25, 0.3) is 0 Å². The predicted octanol–water partition coefficient (Wildman–Crippen LogP) is 2.22. The van der Waals surface area contributed by atoms with Gasteiger partial charge in [-0.25, -0.2) is 0 Å². The lowest BCUT2D eigenvalue weighted by Gasteiger charge is -2.32. The Morgan fingerprint density at radius 3 is 2.80 bits per heavy atom. The molecule has 1 aliphatic heterocycles. The van der Waals surface area contributed by atoms with Gasteiger partial charge in [0.05, 0.1) is 12.2 Å². The summed E-state index contributed by atoms with van der Waals surface area (Å²) in [4.78, 5) is 6.84. The number of likely N-dealkylation sites (tertiary alicyclic amines) is 1. The van der Waals surface area contributed by atoms with Gasteiger partial charge in [0.25, 0.3) is 0 Å². The van der Waals surface area contributed by atoms with Crippen molar-refractivity contribution in [2.75, 3.05) is 13.1 Å². The topological polar surface area (TPSA) is 72.0 Å². The van der Waals surface area contributed by atoms with E-state index in [1.54, 1.807) is 0 Å². The summed E-state index contributed by atoms with van der Waals surface area (Å²) >= 11 is 0. The molecule has 1 saturated heterocycles. The maximum absolute atomic E-state index is 5.21. The van der Waals surface area contributed by atoms with Crippen LogP contribution in [0.3, 0.4) is 0 Å². The first kappa shape index (κ1) is 18.1. The van der Waals surface area contributed by atoms with Crippen molar-refractivity contribution in [1.29, 1.82) is 0 Å². The first-order chi connectivity index (χ1) is 12.1. The number of hydrogen-bond acceptors (Lipinski definition) is 6. The number of rotatable bonds is 7. The van der Waals surface area contributed by atoms with Crippen LogP contribution in [-0.4, -0.2) is 44.0 Å². The van der Waals surface area contributed by atoms with E-state index in [2.05, 4.69) is 50.9 Å². The smallest absolute Gasteiger partial charge is 0.226 e. The van der Waals surface area contributed by atoms with Gasteiger partial charge in [-0.2, -0.15) is 10.1 Å². The van der Waals surface area contributed by atoms with Gasteiger partial charge in [-0.3, -0.25) is 9.58 Å². The highest BCUT2D eigenvalue weighted by Crippen LogP contribution is 2.16. The second-order valence-electron chi connectivity index (χ2n) is 6.88. The highest BCUT2D eigenvalue weighted by Gasteiger charge is 2.22. The minimum absolute atomic E-state index is 0.495. The third-order valence-electron chi connectivity index (χ3n) is 5.08. The Bertz CT molecular complexity index is 692. The molecule has 0 aromatic carbocycles. The lowest BCUT2D eigenvalue weighted by molar-refractivity contribution is 0.177. The molecule has 1 fully saturated rings. The largest absolute Gasteiger partial charge is 0.339 e. The Morgan fingerprint density at radius 2 is 2.12 bits per heavy atom. The fourth-order valence-corrected chi connectivity index (χ4v) is 3.61. The molecule has 3 rings (SSSR count). The zero-order valence-corrected chi connectivity index (χ0v) is 15.9. The number of nitrogens with zero attached hydrogens (tertiary/aromatic N) is 5. The van der Waals surface area contributed by atoms with Crippen LogP contribution in [0, 0.1) is 13.8 Å². The van der Waals surface area contributed by atoms with E-state index in [1.165, 1.54) is 24.1 Å². The average molecular weight is 346 g/mol. The van der Waals surface area contributed by atoms with Crippen molar-refractivity contribution in [3.05, 3.63) is 28.7 Å². The summed E-state index contributed by atoms with van der Waals surface area (Å²) in [5.74, 6) is 1.52. The number of aryl methyl sites for hydroxylation is 3. The first-order valence-electron chi connectivity index (χ1n) is 9.40. The van der Waals surface area contributed by atoms with Crippen LogP contribution in [0.1, 0.15) is 55.4 Å². The van der Waals surface area contributed by atoms with E-state index < -0.39 is 0 Å². The van der Waals surface area contributed by atoms with Gasteiger partial charge >= 0.3 is 0 Å². The van der Waals surface area contributed by atoms with E-state index in [9.17, 15) is 0 Å². The second kappa shape index (κ2) is 8.10. The molecule has 0 unspecified atom stereocenters. The molecule has 7 nitrogen and oxygen atoms in total. The normalized spacial score (nSPS) is 18.8. The zero-order chi connectivity index (χ0) is 17.8. The number of hydrogen-bond donors (Lipinski definition) is 1. The molecule has 0 aliphatic carbocycles. The molecule has 7 heteroatoms. The quantitative estimate of drug-likeness (QED) is 0.829. The van der Waals surface area contributed by atoms with E-state index in [4.69, 9.17) is 4.52 Å². The molecule has 2 aromatic heterocycles. The van der Waals surface area contributed by atoms with Gasteiger partial charge in [-0.1, -0.05) is 12.1 Å². The van der Waals surface area contributed by atoms with Gasteiger partial charge in [0, 0.05) is 43.4 Å². The lowest BCUT2D eigenvalue weighted by atomic mass is 10.0. The van der Waals surface area contributed by atoms with Gasteiger partial charge < -0.3 is 9.84 Å². The minimum Gasteiger partial charge on any atom is -0.339 e. The van der Waals surface area contributed by atoms with Crippen molar-refractivity contribution in [3.8, 4) is 0 Å². The van der Waals surface area contributed by atoms with Crippen LogP contribution in [0.2, 0.25) is 0 Å². The van der Waals surface area contributed by atoms with Gasteiger partial charge in [0.15, 0.2) is 5.82 Å². The Kier molecular flexibility index (Phi) is 5.86. The van der Waals surface area contributed by atoms with Crippen LogP contribution >= 0.6 is 0 Å². The fraction of sp³-hybridized carbons (Fsp3) is 0.722. The molecule has 138 valence electrons. The van der Waals surface area contributed by atoms with E-state index >= 15 is 0 Å². The average Bonchev–Trinajstić information content (AvgIpc) is 3.17. The summed E-state index contributed by atoms with van der Waals surface area (Å²) in [6.45, 7) is 13.1. The van der Waals surface area contributed by atoms with Crippen molar-refractivity contribution in [2.45, 2.75) is 72.6 Å². The molecule has 3 heterocycles. The van der Waals surface area contributed by atoms with Gasteiger partial charge in [-0.15, -0.1) is 0 Å². The van der Waals surface area contributed by atoms with Crippen LogP contribution in [0.15, 0.2) is 4.52 Å². The van der Waals surface area contributed by atoms with Gasteiger partial charge in [0.1, 0.15) is 0 Å². The van der Waals surface area contributed by atoms with Crippen molar-refractivity contribution in [1.82, 2.24) is 30.1 Å². The van der Waals surface area contributed by atoms with E-state index in [0.29, 0.717) is 6.04 Å². The highest BCUT2D eigenvalue weighted by atomic mass is 16.5. The first-order valence-corrected chi connectivity index (χ1v) is 9.40. The molecule has 0 radical (unpaired) electrons. The maximum atomic E-state index is 5.21. The van der Waals surface area contributed by atoms with Gasteiger partial charge in [0.2, 0.25) is 5.89 Å². The molecule has 1 aliphatic rings. The van der Waals surface area contributed by atoms with Gasteiger partial charge in [-0.05, 0) is 40.2 Å². The Balaban J connectivity index is 1.54. The molecule has 1 N–H and O–H groups in total. The Morgan fingerprint density at radius 1 is 1.28 bits per heavy atom. The monoisotopic (exact) mass is 346 g/mol. The van der Waals surface area contributed by atoms with Crippen LogP contribution in [-0.2, 0) is 26.1 Å². The van der Waals surface area contributed by atoms with Crippen molar-refractivity contribution < 1.29 is 4.52 Å². The van der Waals surface area contributed by atoms with Crippen LogP contribution in [0.4, 0.5) is 0 Å². The Labute approximate surface area is 149 Å². The number of aromatic nitrogens is 4. The van der Waals surface area contributed by atoms with E-state index in [-0.39, 0.29) is 0 Å². The zero-order valence-electron chi connectivity index (χ0n) is 15.9. The minimum atomic E-state index is 0.495. The molecule has 25 heavy (non-hydrogen) atoms. The standard InChI is InChI=1S/C18H30N6O/c1-5-18-20-17(22-25-18)12-23-9-7-8-15(11-23)19-10-16-13(3)21-24(6-2)14(16)4/h15,19H,5-12H2,1-4H3/t15-/m0/s1.